The van der Waals surface area contributed by atoms with Crippen LogP contribution in [0.4, 0.5) is 0 Å². The van der Waals surface area contributed by atoms with E-state index >= 15 is 0 Å². The van der Waals surface area contributed by atoms with Crippen LogP contribution in [0.2, 0.25) is 0 Å². The Balaban J connectivity index is 2.56. The number of benzene rings is 1. The zero-order valence-corrected chi connectivity index (χ0v) is 13.2. The van der Waals surface area contributed by atoms with Crippen LogP contribution in [-0.4, -0.2) is 18.2 Å². The van der Waals surface area contributed by atoms with Gasteiger partial charge >= 0.3 is 0 Å². The first-order chi connectivity index (χ1) is 8.80. The van der Waals surface area contributed by atoms with E-state index in [1.165, 1.54) is 30.5 Å². The van der Waals surface area contributed by atoms with Gasteiger partial charge in [-0.1, -0.05) is 0 Å². The molecular formula is C10H7Br2N3O3S. The second kappa shape index (κ2) is 5.16. The van der Waals surface area contributed by atoms with Gasteiger partial charge in [-0.3, -0.25) is 4.79 Å². The summed E-state index contributed by atoms with van der Waals surface area (Å²) in [5.74, 6) is 0. The summed E-state index contributed by atoms with van der Waals surface area (Å²) in [6.07, 6.45) is 1.46. The van der Waals surface area contributed by atoms with Crippen LogP contribution in [0, 0.1) is 0 Å². The van der Waals surface area contributed by atoms with Crippen LogP contribution in [-0.2, 0) is 10.0 Å². The molecule has 0 amide bonds. The van der Waals surface area contributed by atoms with Crippen LogP contribution in [0.25, 0.3) is 5.69 Å². The largest absolute Gasteiger partial charge is 0.286 e. The summed E-state index contributed by atoms with van der Waals surface area (Å²) in [5, 5.41) is 8.94. The lowest BCUT2D eigenvalue weighted by Crippen LogP contribution is -2.22. The van der Waals surface area contributed by atoms with Gasteiger partial charge < -0.3 is 0 Å². The van der Waals surface area contributed by atoms with Gasteiger partial charge in [-0.2, -0.15) is 9.78 Å². The van der Waals surface area contributed by atoms with Crippen molar-refractivity contribution < 1.29 is 8.42 Å². The van der Waals surface area contributed by atoms with Crippen molar-refractivity contribution in [3.63, 3.8) is 0 Å². The highest BCUT2D eigenvalue weighted by atomic mass is 79.9. The molecule has 2 N–H and O–H groups in total. The van der Waals surface area contributed by atoms with E-state index in [1.807, 2.05) is 0 Å². The lowest BCUT2D eigenvalue weighted by molar-refractivity contribution is 0.597. The molecule has 0 unspecified atom stereocenters. The van der Waals surface area contributed by atoms with Crippen LogP contribution in [0.3, 0.4) is 0 Å². The second-order valence-corrected chi connectivity index (χ2v) is 6.77. The average Bonchev–Trinajstić information content (AvgIpc) is 2.35. The zero-order valence-electron chi connectivity index (χ0n) is 9.25. The van der Waals surface area contributed by atoms with Gasteiger partial charge in [-0.15, -0.1) is 0 Å². The molecule has 0 aliphatic rings. The number of rotatable bonds is 2. The Morgan fingerprint density at radius 2 is 1.74 bits per heavy atom. The number of hydrogen-bond donors (Lipinski definition) is 1. The van der Waals surface area contributed by atoms with Crippen molar-refractivity contribution in [2.75, 3.05) is 0 Å². The maximum absolute atomic E-state index is 12.0. The molecule has 0 atom stereocenters. The van der Waals surface area contributed by atoms with Crippen LogP contribution in [0.5, 0.6) is 0 Å². The molecule has 0 spiro atoms. The zero-order chi connectivity index (χ0) is 14.2. The summed E-state index contributed by atoms with van der Waals surface area (Å²) < 4.78 is 24.3. The maximum atomic E-state index is 12.0. The molecule has 1 heterocycles. The Kier molecular flexibility index (Phi) is 3.90. The Hall–Kier alpha value is -1.03. The number of hydrogen-bond acceptors (Lipinski definition) is 4. The topological polar surface area (TPSA) is 95.1 Å². The van der Waals surface area contributed by atoms with Gasteiger partial charge in [0.25, 0.3) is 5.56 Å². The Bertz CT molecular complexity index is 785. The molecule has 0 aliphatic heterocycles. The fourth-order valence-electron chi connectivity index (χ4n) is 1.37. The molecule has 0 fully saturated rings. The molecule has 0 saturated heterocycles. The molecule has 100 valence electrons. The van der Waals surface area contributed by atoms with Gasteiger partial charge in [-0.25, -0.2) is 13.6 Å². The molecule has 0 radical (unpaired) electrons. The number of nitrogens with zero attached hydrogens (tertiary/aromatic N) is 2. The maximum Gasteiger partial charge on any atom is 0.286 e. The summed E-state index contributed by atoms with van der Waals surface area (Å²) >= 11 is 6.31. The van der Waals surface area contributed by atoms with Gasteiger partial charge in [0.15, 0.2) is 0 Å². The lowest BCUT2D eigenvalue weighted by Gasteiger charge is -2.06. The van der Waals surface area contributed by atoms with Gasteiger partial charge in [0.05, 0.1) is 21.3 Å². The normalized spacial score (nSPS) is 11.5. The average molecular weight is 409 g/mol. The van der Waals surface area contributed by atoms with E-state index < -0.39 is 10.0 Å². The van der Waals surface area contributed by atoms with Crippen LogP contribution < -0.4 is 10.7 Å². The number of sulfonamides is 1. The molecule has 9 heteroatoms. The first-order valence-electron chi connectivity index (χ1n) is 4.87. The molecule has 6 nitrogen and oxygen atoms in total. The molecule has 1 aromatic heterocycles. The van der Waals surface area contributed by atoms with Gasteiger partial charge in [0.2, 0.25) is 10.0 Å². The quantitative estimate of drug-likeness (QED) is 0.812. The standard InChI is InChI=1S/C10H7Br2N3O3S/c11-8-5-14-15(10(16)9(8)12)6-1-3-7(4-2-6)19(13,17)18/h1-5H,(H2,13,17,18). The third-order valence-electron chi connectivity index (χ3n) is 2.29. The van der Waals surface area contributed by atoms with E-state index in [4.69, 9.17) is 5.14 Å². The number of halogens is 2. The first-order valence-corrected chi connectivity index (χ1v) is 8.00. The third kappa shape index (κ3) is 2.94. The number of primary sulfonamides is 1. The van der Waals surface area contributed by atoms with Crippen LogP contribution >= 0.6 is 31.9 Å². The van der Waals surface area contributed by atoms with Crippen molar-refractivity contribution in [3.8, 4) is 5.69 Å². The second-order valence-electron chi connectivity index (χ2n) is 3.56. The molecule has 0 aliphatic carbocycles. The summed E-state index contributed by atoms with van der Waals surface area (Å²) in [6, 6.07) is 5.53. The minimum absolute atomic E-state index is 0.0273. The molecule has 0 bridgehead atoms. The predicted molar refractivity (Wildman–Crippen MR) is 76.6 cm³/mol. The first kappa shape index (κ1) is 14.4. The highest BCUT2D eigenvalue weighted by Crippen LogP contribution is 2.18. The molecule has 1 aromatic carbocycles. The Labute approximate surface area is 125 Å². The van der Waals surface area contributed by atoms with E-state index in [9.17, 15) is 13.2 Å². The number of nitrogens with two attached hydrogens (primary N) is 1. The van der Waals surface area contributed by atoms with E-state index in [1.54, 1.807) is 0 Å². The minimum atomic E-state index is -3.75. The minimum Gasteiger partial charge on any atom is -0.266 e. The van der Waals surface area contributed by atoms with Gasteiger partial charge in [0, 0.05) is 0 Å². The van der Waals surface area contributed by atoms with Crippen molar-refractivity contribution >= 4 is 41.9 Å². The monoisotopic (exact) mass is 407 g/mol. The Morgan fingerprint density at radius 3 is 2.26 bits per heavy atom. The summed E-state index contributed by atoms with van der Waals surface area (Å²) in [6.45, 7) is 0. The van der Waals surface area contributed by atoms with E-state index in [0.29, 0.717) is 14.6 Å². The van der Waals surface area contributed by atoms with Crippen LogP contribution in [0.1, 0.15) is 0 Å². The fourth-order valence-corrected chi connectivity index (χ4v) is 2.42. The summed E-state index contributed by atoms with van der Waals surface area (Å²) in [7, 11) is -3.75. The van der Waals surface area contributed by atoms with Crippen molar-refractivity contribution in [1.82, 2.24) is 9.78 Å². The molecule has 2 aromatic rings. The van der Waals surface area contributed by atoms with Gasteiger partial charge in [-0.05, 0) is 56.1 Å². The summed E-state index contributed by atoms with van der Waals surface area (Å²) in [5.41, 5.74) is 0.0725. The van der Waals surface area contributed by atoms with Crippen molar-refractivity contribution in [2.45, 2.75) is 4.90 Å². The van der Waals surface area contributed by atoms with Crippen LogP contribution in [0.15, 0.2) is 49.1 Å². The highest BCUT2D eigenvalue weighted by Gasteiger charge is 2.10. The van der Waals surface area contributed by atoms with Crippen molar-refractivity contribution in [1.29, 1.82) is 0 Å². The highest BCUT2D eigenvalue weighted by molar-refractivity contribution is 9.13. The lowest BCUT2D eigenvalue weighted by atomic mass is 10.3. The van der Waals surface area contributed by atoms with Gasteiger partial charge in [0.1, 0.15) is 4.47 Å². The molecule has 0 saturated carbocycles. The third-order valence-corrected chi connectivity index (χ3v) is 5.12. The van der Waals surface area contributed by atoms with Crippen molar-refractivity contribution in [3.05, 3.63) is 49.8 Å². The fraction of sp³-hybridized carbons (Fsp3) is 0. The molecule has 19 heavy (non-hydrogen) atoms. The summed E-state index contributed by atoms with van der Waals surface area (Å²) in [4.78, 5) is 11.9. The van der Waals surface area contributed by atoms with E-state index in [-0.39, 0.29) is 10.5 Å². The Morgan fingerprint density at radius 1 is 1.16 bits per heavy atom. The molecule has 2 rings (SSSR count). The SMILES string of the molecule is NS(=O)(=O)c1ccc(-n2ncc(Br)c(Br)c2=O)cc1. The van der Waals surface area contributed by atoms with E-state index in [0.717, 1.165) is 4.68 Å². The molecular weight excluding hydrogens is 402 g/mol. The number of aromatic nitrogens is 2. The van der Waals surface area contributed by atoms with E-state index in [2.05, 4.69) is 37.0 Å². The van der Waals surface area contributed by atoms with Crippen molar-refractivity contribution in [2.24, 2.45) is 5.14 Å². The predicted octanol–water partition coefficient (Wildman–Crippen LogP) is 1.40. The smallest absolute Gasteiger partial charge is 0.266 e.